The van der Waals surface area contributed by atoms with Gasteiger partial charge in [0.2, 0.25) is 0 Å². The minimum absolute atomic E-state index is 0.00186. The third-order valence-corrected chi connectivity index (χ3v) is 3.23. The number of nitro benzene ring substituents is 1. The molecule has 8 heteroatoms. The van der Waals surface area contributed by atoms with Crippen molar-refractivity contribution in [2.24, 2.45) is 5.41 Å². The summed E-state index contributed by atoms with van der Waals surface area (Å²) in [7, 11) is 1.53. The van der Waals surface area contributed by atoms with Gasteiger partial charge in [-0.1, -0.05) is 20.8 Å². The number of benzene rings is 1. The van der Waals surface area contributed by atoms with Crippen molar-refractivity contribution < 1.29 is 24.0 Å². The van der Waals surface area contributed by atoms with Gasteiger partial charge < -0.3 is 14.8 Å². The molecule has 1 aromatic rings. The number of esters is 1. The van der Waals surface area contributed by atoms with Crippen LogP contribution in [0.25, 0.3) is 0 Å². The molecule has 0 heterocycles. The maximum absolute atomic E-state index is 12.2. The number of hydrogen-bond donors (Lipinski definition) is 1. The average Bonchev–Trinajstić information content (AvgIpc) is 2.51. The number of nitrogens with one attached hydrogen (secondary N) is 1. The van der Waals surface area contributed by atoms with E-state index in [1.807, 2.05) is 0 Å². The van der Waals surface area contributed by atoms with Crippen LogP contribution in [0.5, 0.6) is 0 Å². The van der Waals surface area contributed by atoms with E-state index in [0.717, 1.165) is 6.07 Å². The molecule has 0 atom stereocenters. The van der Waals surface area contributed by atoms with Crippen LogP contribution in [0.4, 0.5) is 11.4 Å². The van der Waals surface area contributed by atoms with E-state index in [1.165, 1.54) is 19.2 Å². The zero-order chi connectivity index (χ0) is 18.3. The van der Waals surface area contributed by atoms with Crippen molar-refractivity contribution in [3.63, 3.8) is 0 Å². The van der Waals surface area contributed by atoms with Crippen molar-refractivity contribution >= 4 is 23.1 Å². The van der Waals surface area contributed by atoms with E-state index in [2.05, 4.69) is 5.32 Å². The SMILES string of the molecule is COCCNc1ccc([N+](=O)[O-])cc1C(=O)OCC(=O)C(C)(C)C. The van der Waals surface area contributed by atoms with Crippen molar-refractivity contribution in [2.75, 3.05) is 32.2 Å². The van der Waals surface area contributed by atoms with E-state index >= 15 is 0 Å². The Morgan fingerprint density at radius 3 is 2.50 bits per heavy atom. The van der Waals surface area contributed by atoms with E-state index < -0.39 is 16.3 Å². The normalized spacial score (nSPS) is 11.0. The number of carbonyl (C=O) groups excluding carboxylic acids is 2. The fraction of sp³-hybridized carbons (Fsp3) is 0.500. The van der Waals surface area contributed by atoms with Gasteiger partial charge in [0.25, 0.3) is 5.69 Å². The second kappa shape index (κ2) is 8.39. The van der Waals surface area contributed by atoms with Crippen LogP contribution in [0.2, 0.25) is 0 Å². The molecule has 24 heavy (non-hydrogen) atoms. The summed E-state index contributed by atoms with van der Waals surface area (Å²) in [5.41, 5.74) is -0.489. The number of anilines is 1. The highest BCUT2D eigenvalue weighted by molar-refractivity contribution is 5.98. The van der Waals surface area contributed by atoms with Gasteiger partial charge in [-0.05, 0) is 6.07 Å². The van der Waals surface area contributed by atoms with Gasteiger partial charge in [0.05, 0.1) is 17.1 Å². The molecule has 0 radical (unpaired) electrons. The highest BCUT2D eigenvalue weighted by atomic mass is 16.6. The highest BCUT2D eigenvalue weighted by Gasteiger charge is 2.24. The summed E-state index contributed by atoms with van der Waals surface area (Å²) in [6.07, 6.45) is 0. The number of ketones is 1. The number of non-ortho nitro benzene ring substituents is 1. The summed E-state index contributed by atoms with van der Waals surface area (Å²) < 4.78 is 9.93. The van der Waals surface area contributed by atoms with Crippen LogP contribution < -0.4 is 5.32 Å². The van der Waals surface area contributed by atoms with Gasteiger partial charge in [-0.25, -0.2) is 4.79 Å². The molecule has 0 amide bonds. The van der Waals surface area contributed by atoms with Crippen LogP contribution in [0, 0.1) is 15.5 Å². The van der Waals surface area contributed by atoms with E-state index in [-0.39, 0.29) is 23.6 Å². The van der Waals surface area contributed by atoms with Gasteiger partial charge in [-0.3, -0.25) is 14.9 Å². The Balaban J connectivity index is 2.95. The number of Topliss-reactive ketones (excluding diaryl/α,β-unsaturated/α-hetero) is 1. The van der Waals surface area contributed by atoms with Crippen LogP contribution in [0.1, 0.15) is 31.1 Å². The molecule has 0 spiro atoms. The summed E-state index contributed by atoms with van der Waals surface area (Å²) >= 11 is 0. The monoisotopic (exact) mass is 338 g/mol. The van der Waals surface area contributed by atoms with Crippen LogP contribution in [0.15, 0.2) is 18.2 Å². The van der Waals surface area contributed by atoms with Gasteiger partial charge in [0.15, 0.2) is 12.4 Å². The van der Waals surface area contributed by atoms with E-state index in [1.54, 1.807) is 20.8 Å². The maximum Gasteiger partial charge on any atom is 0.340 e. The van der Waals surface area contributed by atoms with Gasteiger partial charge in [0.1, 0.15) is 0 Å². The second-order valence-electron chi connectivity index (χ2n) is 6.16. The Labute approximate surface area is 140 Å². The lowest BCUT2D eigenvalue weighted by atomic mass is 9.91. The summed E-state index contributed by atoms with van der Waals surface area (Å²) in [6, 6.07) is 3.83. The average molecular weight is 338 g/mol. The quantitative estimate of drug-likeness (QED) is 0.335. The standard InChI is InChI=1S/C16H22N2O6/c1-16(2,3)14(19)10-24-15(20)12-9-11(18(21)22)5-6-13(12)17-7-8-23-4/h5-6,9,17H,7-8,10H2,1-4H3. The molecule has 0 aliphatic heterocycles. The predicted octanol–water partition coefficient (Wildman–Crippen LogP) is 2.43. The van der Waals surface area contributed by atoms with Crippen LogP contribution in [-0.4, -0.2) is 43.5 Å². The topological polar surface area (TPSA) is 108 Å². The molecule has 0 saturated carbocycles. The molecule has 1 N–H and O–H groups in total. The number of carbonyl (C=O) groups is 2. The number of nitro groups is 1. The lowest BCUT2D eigenvalue weighted by Crippen LogP contribution is -2.26. The summed E-state index contributed by atoms with van der Waals surface area (Å²) in [4.78, 5) is 34.4. The first-order chi connectivity index (χ1) is 11.2. The van der Waals surface area contributed by atoms with E-state index in [0.29, 0.717) is 18.8 Å². The third-order valence-electron chi connectivity index (χ3n) is 3.23. The number of rotatable bonds is 8. The molecule has 0 aliphatic carbocycles. The fourth-order valence-corrected chi connectivity index (χ4v) is 1.68. The number of ether oxygens (including phenoxy) is 2. The molecule has 0 bridgehead atoms. The fourth-order valence-electron chi connectivity index (χ4n) is 1.68. The predicted molar refractivity (Wildman–Crippen MR) is 88.2 cm³/mol. The molecule has 8 nitrogen and oxygen atoms in total. The number of hydrogen-bond acceptors (Lipinski definition) is 7. The van der Waals surface area contributed by atoms with Crippen molar-refractivity contribution in [3.8, 4) is 0 Å². The van der Waals surface area contributed by atoms with Crippen molar-refractivity contribution in [1.29, 1.82) is 0 Å². The van der Waals surface area contributed by atoms with E-state index in [9.17, 15) is 19.7 Å². The zero-order valence-corrected chi connectivity index (χ0v) is 14.3. The molecule has 0 fully saturated rings. The summed E-state index contributed by atoms with van der Waals surface area (Å²) in [5, 5.41) is 13.8. The van der Waals surface area contributed by atoms with Gasteiger partial charge >= 0.3 is 5.97 Å². The molecule has 0 aromatic heterocycles. The lowest BCUT2D eigenvalue weighted by molar-refractivity contribution is -0.384. The molecule has 0 saturated heterocycles. The maximum atomic E-state index is 12.2. The minimum Gasteiger partial charge on any atom is -0.454 e. The molecular weight excluding hydrogens is 316 g/mol. The molecule has 132 valence electrons. The summed E-state index contributed by atoms with van der Waals surface area (Å²) in [6.45, 7) is 5.57. The number of nitrogens with zero attached hydrogens (tertiary/aromatic N) is 1. The Morgan fingerprint density at radius 1 is 1.29 bits per heavy atom. The number of methoxy groups -OCH3 is 1. The first kappa shape index (κ1) is 19.6. The first-order valence-corrected chi connectivity index (χ1v) is 7.38. The first-order valence-electron chi connectivity index (χ1n) is 7.38. The lowest BCUT2D eigenvalue weighted by Gasteiger charge is -2.17. The molecule has 0 aliphatic rings. The Hall–Kier alpha value is -2.48. The van der Waals surface area contributed by atoms with Crippen LogP contribution >= 0.6 is 0 Å². The van der Waals surface area contributed by atoms with Crippen LogP contribution in [-0.2, 0) is 14.3 Å². The summed E-state index contributed by atoms with van der Waals surface area (Å²) in [5.74, 6) is -1.04. The Bertz CT molecular complexity index is 621. The largest absolute Gasteiger partial charge is 0.454 e. The van der Waals surface area contributed by atoms with Crippen molar-refractivity contribution in [3.05, 3.63) is 33.9 Å². The van der Waals surface area contributed by atoms with Crippen molar-refractivity contribution in [2.45, 2.75) is 20.8 Å². The molecule has 1 aromatic carbocycles. The molecule has 0 unspecified atom stereocenters. The Kier molecular flexibility index (Phi) is 6.84. The minimum atomic E-state index is -0.795. The van der Waals surface area contributed by atoms with Gasteiger partial charge in [-0.2, -0.15) is 0 Å². The Morgan fingerprint density at radius 2 is 1.96 bits per heavy atom. The second-order valence-corrected chi connectivity index (χ2v) is 6.16. The zero-order valence-electron chi connectivity index (χ0n) is 14.3. The van der Waals surface area contributed by atoms with Gasteiger partial charge in [0, 0.05) is 36.9 Å². The third kappa shape index (κ3) is 5.62. The van der Waals surface area contributed by atoms with E-state index in [4.69, 9.17) is 9.47 Å². The molecular formula is C16H22N2O6. The van der Waals surface area contributed by atoms with Crippen molar-refractivity contribution in [1.82, 2.24) is 0 Å². The molecule has 1 rings (SSSR count). The van der Waals surface area contributed by atoms with Gasteiger partial charge in [-0.15, -0.1) is 0 Å². The van der Waals surface area contributed by atoms with Crippen LogP contribution in [0.3, 0.4) is 0 Å². The highest BCUT2D eigenvalue weighted by Crippen LogP contribution is 2.23. The smallest absolute Gasteiger partial charge is 0.340 e.